The molecular formula is C12H13NO2. The number of hydrogen-bond acceptors (Lipinski definition) is 2. The molecule has 0 radical (unpaired) electrons. The van der Waals surface area contributed by atoms with Crippen molar-refractivity contribution in [2.45, 2.75) is 25.0 Å². The lowest BCUT2D eigenvalue weighted by molar-refractivity contribution is -0.137. The van der Waals surface area contributed by atoms with Gasteiger partial charge >= 0.3 is 0 Å². The Labute approximate surface area is 88.4 Å². The predicted molar refractivity (Wildman–Crippen MR) is 55.4 cm³/mol. The summed E-state index contributed by atoms with van der Waals surface area (Å²) in [6.45, 7) is 0.190. The zero-order valence-corrected chi connectivity index (χ0v) is 8.40. The number of rotatable bonds is 0. The molecule has 0 bridgehead atoms. The Hall–Kier alpha value is -1.35. The number of nitrogens with one attached hydrogen (secondary N) is 1. The molecule has 1 amide bonds. The quantitative estimate of drug-likeness (QED) is 0.687. The van der Waals surface area contributed by atoms with Gasteiger partial charge in [-0.2, -0.15) is 0 Å². The van der Waals surface area contributed by atoms with E-state index in [2.05, 4.69) is 23.5 Å². The molecule has 78 valence electrons. The fourth-order valence-corrected chi connectivity index (χ4v) is 2.49. The topological polar surface area (TPSA) is 38.3 Å². The molecule has 2 aliphatic rings. The van der Waals surface area contributed by atoms with Crippen LogP contribution in [0.3, 0.4) is 0 Å². The molecule has 1 aromatic carbocycles. The van der Waals surface area contributed by atoms with Crippen LogP contribution >= 0.6 is 0 Å². The minimum absolute atomic E-state index is 0.00984. The first-order chi connectivity index (χ1) is 7.34. The van der Waals surface area contributed by atoms with Gasteiger partial charge in [0.15, 0.2) is 0 Å². The van der Waals surface area contributed by atoms with Crippen molar-refractivity contribution in [2.75, 3.05) is 6.61 Å². The van der Waals surface area contributed by atoms with Gasteiger partial charge < -0.3 is 10.1 Å². The third-order valence-corrected chi connectivity index (χ3v) is 3.19. The lowest BCUT2D eigenvalue weighted by atomic mass is 9.85. The highest BCUT2D eigenvalue weighted by Crippen LogP contribution is 2.34. The third-order valence-electron chi connectivity index (χ3n) is 3.19. The van der Waals surface area contributed by atoms with Gasteiger partial charge in [-0.05, 0) is 24.0 Å². The number of hydrogen-bond donors (Lipinski definition) is 1. The molecule has 1 N–H and O–H groups in total. The highest BCUT2D eigenvalue weighted by molar-refractivity contribution is 5.78. The molecule has 15 heavy (non-hydrogen) atoms. The van der Waals surface area contributed by atoms with Crippen LogP contribution in [-0.4, -0.2) is 18.6 Å². The molecule has 1 saturated heterocycles. The summed E-state index contributed by atoms with van der Waals surface area (Å²) in [5, 5.41) is 3.00. The third kappa shape index (κ3) is 1.43. The first-order valence-electron chi connectivity index (χ1n) is 5.33. The second kappa shape index (κ2) is 3.35. The zero-order valence-electron chi connectivity index (χ0n) is 8.40. The van der Waals surface area contributed by atoms with Crippen LogP contribution < -0.4 is 5.32 Å². The smallest absolute Gasteiger partial charge is 0.246 e. The molecule has 0 aromatic heterocycles. The highest BCUT2D eigenvalue weighted by Gasteiger charge is 2.34. The van der Waals surface area contributed by atoms with Crippen LogP contribution in [0.2, 0.25) is 0 Å². The summed E-state index contributed by atoms with van der Waals surface area (Å²) in [5.74, 6) is 0.00984. The average Bonchev–Trinajstić information content (AvgIpc) is 2.28. The lowest BCUT2D eigenvalue weighted by Crippen LogP contribution is -2.49. The molecule has 3 nitrogen and oxygen atoms in total. The van der Waals surface area contributed by atoms with E-state index in [-0.39, 0.29) is 24.7 Å². The van der Waals surface area contributed by atoms with Crippen molar-refractivity contribution in [1.29, 1.82) is 0 Å². The van der Waals surface area contributed by atoms with Crippen molar-refractivity contribution in [3.8, 4) is 0 Å². The standard InChI is InChI=1S/C12H13NO2/c14-11-7-15-12-9-4-2-1-3-8(9)5-6-10(12)13-11/h1-4,10,12H,5-7H2,(H,13,14)/t10-,12-/m0/s1. The molecule has 1 heterocycles. The van der Waals surface area contributed by atoms with Gasteiger partial charge in [0.1, 0.15) is 12.7 Å². The molecule has 2 atom stereocenters. The first kappa shape index (κ1) is 8.92. The molecule has 3 rings (SSSR count). The van der Waals surface area contributed by atoms with E-state index >= 15 is 0 Å². The number of benzene rings is 1. The molecular weight excluding hydrogens is 190 g/mol. The molecule has 3 heteroatoms. The highest BCUT2D eigenvalue weighted by atomic mass is 16.5. The van der Waals surface area contributed by atoms with Crippen LogP contribution in [0.5, 0.6) is 0 Å². The fourth-order valence-electron chi connectivity index (χ4n) is 2.49. The van der Waals surface area contributed by atoms with Gasteiger partial charge in [-0.15, -0.1) is 0 Å². The normalized spacial score (nSPS) is 28.9. The lowest BCUT2D eigenvalue weighted by Gasteiger charge is -2.37. The van der Waals surface area contributed by atoms with E-state index in [1.807, 2.05) is 6.07 Å². The van der Waals surface area contributed by atoms with E-state index in [0.29, 0.717) is 0 Å². The molecule has 1 fully saturated rings. The van der Waals surface area contributed by atoms with Gasteiger partial charge in [0, 0.05) is 0 Å². The van der Waals surface area contributed by atoms with Crippen molar-refractivity contribution in [3.05, 3.63) is 35.4 Å². The largest absolute Gasteiger partial charge is 0.362 e. The van der Waals surface area contributed by atoms with Gasteiger partial charge in [-0.3, -0.25) is 4.79 Å². The maximum Gasteiger partial charge on any atom is 0.246 e. The Morgan fingerprint density at radius 2 is 2.20 bits per heavy atom. The Balaban J connectivity index is 1.97. The zero-order chi connectivity index (χ0) is 10.3. The minimum atomic E-state index is 0.00984. The van der Waals surface area contributed by atoms with Crippen LogP contribution in [0.4, 0.5) is 0 Å². The average molecular weight is 203 g/mol. The predicted octanol–water partition coefficient (Wildman–Crippen LogP) is 1.19. The van der Waals surface area contributed by atoms with Crippen LogP contribution in [-0.2, 0) is 16.0 Å². The number of carbonyl (C=O) groups is 1. The summed E-state index contributed by atoms with van der Waals surface area (Å²) in [6.07, 6.45) is 2.07. The molecule has 1 aliphatic heterocycles. The van der Waals surface area contributed by atoms with Gasteiger partial charge in [0.25, 0.3) is 0 Å². The number of amides is 1. The van der Waals surface area contributed by atoms with Crippen molar-refractivity contribution >= 4 is 5.91 Å². The Morgan fingerprint density at radius 3 is 3.13 bits per heavy atom. The van der Waals surface area contributed by atoms with Crippen molar-refractivity contribution in [3.63, 3.8) is 0 Å². The Morgan fingerprint density at radius 1 is 1.33 bits per heavy atom. The van der Waals surface area contributed by atoms with Gasteiger partial charge in [0.05, 0.1) is 6.04 Å². The van der Waals surface area contributed by atoms with Gasteiger partial charge in [-0.1, -0.05) is 24.3 Å². The van der Waals surface area contributed by atoms with Gasteiger partial charge in [-0.25, -0.2) is 0 Å². The summed E-state index contributed by atoms with van der Waals surface area (Å²) >= 11 is 0. The fraction of sp³-hybridized carbons (Fsp3) is 0.417. The first-order valence-corrected chi connectivity index (χ1v) is 5.33. The monoisotopic (exact) mass is 203 g/mol. The van der Waals surface area contributed by atoms with Gasteiger partial charge in [0.2, 0.25) is 5.91 Å². The van der Waals surface area contributed by atoms with Crippen molar-refractivity contribution in [1.82, 2.24) is 5.32 Å². The van der Waals surface area contributed by atoms with Crippen LogP contribution in [0, 0.1) is 0 Å². The second-order valence-corrected chi connectivity index (χ2v) is 4.14. The number of morpholine rings is 1. The van der Waals surface area contributed by atoms with E-state index in [9.17, 15) is 4.79 Å². The number of aryl methyl sites for hydroxylation is 1. The van der Waals surface area contributed by atoms with Crippen molar-refractivity contribution in [2.24, 2.45) is 0 Å². The molecule has 0 spiro atoms. The Bertz CT molecular complexity index is 402. The maximum atomic E-state index is 11.2. The van der Waals surface area contributed by atoms with E-state index in [1.54, 1.807) is 0 Å². The molecule has 1 aromatic rings. The molecule has 0 saturated carbocycles. The summed E-state index contributed by atoms with van der Waals surface area (Å²) in [6, 6.07) is 8.50. The number of ether oxygens (including phenoxy) is 1. The van der Waals surface area contributed by atoms with E-state index < -0.39 is 0 Å². The minimum Gasteiger partial charge on any atom is -0.362 e. The van der Waals surface area contributed by atoms with E-state index in [1.165, 1.54) is 11.1 Å². The van der Waals surface area contributed by atoms with Crippen molar-refractivity contribution < 1.29 is 9.53 Å². The summed E-state index contributed by atoms with van der Waals surface area (Å²) in [5.41, 5.74) is 2.60. The SMILES string of the molecule is O=C1CO[C@H]2c3ccccc3CC[C@@H]2N1. The second-order valence-electron chi connectivity index (χ2n) is 4.14. The molecule has 1 aliphatic carbocycles. The number of fused-ring (bicyclic) bond motifs is 3. The number of carbonyl (C=O) groups excluding carboxylic acids is 1. The van der Waals surface area contributed by atoms with Crippen LogP contribution in [0.15, 0.2) is 24.3 Å². The van der Waals surface area contributed by atoms with E-state index in [4.69, 9.17) is 4.74 Å². The maximum absolute atomic E-state index is 11.2. The van der Waals surface area contributed by atoms with E-state index in [0.717, 1.165) is 12.8 Å². The summed E-state index contributed by atoms with van der Waals surface area (Å²) in [7, 11) is 0. The summed E-state index contributed by atoms with van der Waals surface area (Å²) in [4.78, 5) is 11.2. The Kier molecular flexibility index (Phi) is 1.99. The van der Waals surface area contributed by atoms with Crippen LogP contribution in [0.1, 0.15) is 23.7 Å². The molecule has 0 unspecified atom stereocenters. The van der Waals surface area contributed by atoms with Crippen LogP contribution in [0.25, 0.3) is 0 Å². The summed E-state index contributed by atoms with van der Waals surface area (Å²) < 4.78 is 5.61.